The summed E-state index contributed by atoms with van der Waals surface area (Å²) >= 11 is 0. The lowest BCUT2D eigenvalue weighted by molar-refractivity contribution is -0.0175. The molecule has 0 radical (unpaired) electrons. The third kappa shape index (κ3) is 2.62. The highest BCUT2D eigenvalue weighted by atomic mass is 16.6. The Balaban J connectivity index is 2.07. The van der Waals surface area contributed by atoms with Gasteiger partial charge in [-0.15, -0.1) is 0 Å². The lowest BCUT2D eigenvalue weighted by atomic mass is 10.2. The van der Waals surface area contributed by atoms with Gasteiger partial charge in [-0.25, -0.2) is 4.79 Å². The number of morpholine rings is 1. The average Bonchev–Trinajstić information content (AvgIpc) is 2.89. The van der Waals surface area contributed by atoms with E-state index < -0.39 is 6.09 Å². The van der Waals surface area contributed by atoms with Crippen LogP contribution in [0.2, 0.25) is 0 Å². The van der Waals surface area contributed by atoms with E-state index in [9.17, 15) is 4.79 Å². The zero-order valence-corrected chi connectivity index (χ0v) is 9.24. The molecular weight excluding hydrogens is 226 g/mol. The van der Waals surface area contributed by atoms with Crippen LogP contribution in [0.4, 0.5) is 4.79 Å². The van der Waals surface area contributed by atoms with E-state index in [-0.39, 0.29) is 12.6 Å². The maximum absolute atomic E-state index is 11.8. The highest BCUT2D eigenvalue weighted by Crippen LogP contribution is 2.22. The highest BCUT2D eigenvalue weighted by molar-refractivity contribution is 5.68. The van der Waals surface area contributed by atoms with E-state index in [1.807, 2.05) is 0 Å². The van der Waals surface area contributed by atoms with Gasteiger partial charge in [0.15, 0.2) is 6.33 Å². The summed E-state index contributed by atoms with van der Waals surface area (Å²) in [7, 11) is 0. The molecule has 0 spiro atoms. The van der Waals surface area contributed by atoms with Gasteiger partial charge >= 0.3 is 6.09 Å². The van der Waals surface area contributed by atoms with Crippen molar-refractivity contribution in [1.82, 2.24) is 15.0 Å². The van der Waals surface area contributed by atoms with E-state index in [1.54, 1.807) is 0 Å². The molecule has 2 rings (SSSR count). The van der Waals surface area contributed by atoms with Crippen LogP contribution in [-0.4, -0.2) is 47.5 Å². The van der Waals surface area contributed by atoms with E-state index in [1.165, 1.54) is 17.3 Å². The first kappa shape index (κ1) is 11.6. The van der Waals surface area contributed by atoms with E-state index in [0.717, 1.165) is 0 Å². The van der Waals surface area contributed by atoms with E-state index in [4.69, 9.17) is 14.0 Å². The number of ether oxygens (including phenoxy) is 2. The van der Waals surface area contributed by atoms with Crippen LogP contribution in [0.25, 0.3) is 0 Å². The Labute approximate surface area is 98.0 Å². The van der Waals surface area contributed by atoms with Crippen molar-refractivity contribution in [3.8, 4) is 0 Å². The lowest BCUT2D eigenvalue weighted by Gasteiger charge is -2.32. The van der Waals surface area contributed by atoms with Crippen LogP contribution in [0.5, 0.6) is 0 Å². The Morgan fingerprint density at radius 2 is 2.65 bits per heavy atom. The monoisotopic (exact) mass is 239 g/mol. The Hall–Kier alpha value is -1.89. The van der Waals surface area contributed by atoms with Gasteiger partial charge in [-0.3, -0.25) is 4.90 Å². The molecule has 92 valence electrons. The van der Waals surface area contributed by atoms with Crippen LogP contribution in [0, 0.1) is 0 Å². The zero-order valence-electron chi connectivity index (χ0n) is 9.24. The summed E-state index contributed by atoms with van der Waals surface area (Å²) in [5, 5.41) is 3.52. The molecule has 1 saturated heterocycles. The van der Waals surface area contributed by atoms with Gasteiger partial charge in [0, 0.05) is 6.54 Å². The molecule has 1 fully saturated rings. The minimum atomic E-state index is -0.434. The molecule has 0 N–H and O–H groups in total. The van der Waals surface area contributed by atoms with Gasteiger partial charge < -0.3 is 14.0 Å². The molecular formula is C10H13N3O4. The second kappa shape index (κ2) is 5.44. The van der Waals surface area contributed by atoms with Crippen molar-refractivity contribution in [3.05, 3.63) is 24.9 Å². The molecule has 1 aromatic rings. The van der Waals surface area contributed by atoms with Crippen molar-refractivity contribution in [3.63, 3.8) is 0 Å². The molecule has 7 heteroatoms. The summed E-state index contributed by atoms with van der Waals surface area (Å²) in [6, 6.07) is -0.386. The number of hydrogen-bond donors (Lipinski definition) is 0. The van der Waals surface area contributed by atoms with E-state index in [0.29, 0.717) is 25.6 Å². The molecule has 1 atom stereocenters. The van der Waals surface area contributed by atoms with Gasteiger partial charge in [0.1, 0.15) is 12.6 Å². The van der Waals surface area contributed by atoms with Crippen molar-refractivity contribution < 1.29 is 18.8 Å². The predicted molar refractivity (Wildman–Crippen MR) is 56.1 cm³/mol. The molecule has 17 heavy (non-hydrogen) atoms. The number of hydrogen-bond acceptors (Lipinski definition) is 6. The molecule has 1 aliphatic rings. The van der Waals surface area contributed by atoms with E-state index in [2.05, 4.69) is 16.7 Å². The third-order valence-corrected chi connectivity index (χ3v) is 2.35. The Morgan fingerprint density at radius 3 is 3.35 bits per heavy atom. The van der Waals surface area contributed by atoms with Gasteiger partial charge in [0.25, 0.3) is 5.89 Å². The quantitative estimate of drug-likeness (QED) is 0.725. The fraction of sp³-hybridized carbons (Fsp3) is 0.500. The van der Waals surface area contributed by atoms with Crippen LogP contribution >= 0.6 is 0 Å². The average molecular weight is 239 g/mol. The molecule has 2 heterocycles. The van der Waals surface area contributed by atoms with Crippen LogP contribution in [0.15, 0.2) is 23.5 Å². The molecule has 1 amide bonds. The smallest absolute Gasteiger partial charge is 0.410 e. The van der Waals surface area contributed by atoms with Crippen molar-refractivity contribution >= 4 is 6.09 Å². The Bertz CT molecular complexity index is 379. The molecule has 1 aliphatic heterocycles. The minimum absolute atomic E-state index is 0.173. The zero-order chi connectivity index (χ0) is 12.1. The predicted octanol–water partition coefficient (Wildman–Crippen LogP) is 0.766. The van der Waals surface area contributed by atoms with E-state index >= 15 is 0 Å². The number of nitrogens with zero attached hydrogens (tertiary/aromatic N) is 3. The molecule has 0 aliphatic carbocycles. The van der Waals surface area contributed by atoms with Crippen molar-refractivity contribution in [2.24, 2.45) is 0 Å². The Kier molecular flexibility index (Phi) is 3.71. The van der Waals surface area contributed by atoms with Crippen LogP contribution < -0.4 is 0 Å². The molecule has 0 bridgehead atoms. The second-order valence-electron chi connectivity index (χ2n) is 3.43. The van der Waals surface area contributed by atoms with Gasteiger partial charge in [0.2, 0.25) is 0 Å². The van der Waals surface area contributed by atoms with Crippen molar-refractivity contribution in [1.29, 1.82) is 0 Å². The lowest BCUT2D eigenvalue weighted by Crippen LogP contribution is -2.43. The fourth-order valence-corrected chi connectivity index (χ4v) is 1.57. The standard InChI is InChI=1S/C10H13N3O4/c1-2-4-16-10(14)13-3-5-15-6-8(13)9-11-7-12-17-9/h2,7-8H,1,3-6H2. The first-order valence-corrected chi connectivity index (χ1v) is 5.21. The molecule has 1 aromatic heterocycles. The summed E-state index contributed by atoms with van der Waals surface area (Å²) in [6.45, 7) is 4.88. The number of aromatic nitrogens is 2. The first-order chi connectivity index (χ1) is 8.33. The first-order valence-electron chi connectivity index (χ1n) is 5.21. The van der Waals surface area contributed by atoms with Crippen molar-refractivity contribution in [2.45, 2.75) is 6.04 Å². The molecule has 1 unspecified atom stereocenters. The summed E-state index contributed by atoms with van der Waals surface area (Å²) in [6.07, 6.45) is 2.37. The normalized spacial score (nSPS) is 20.0. The molecule has 0 saturated carbocycles. The maximum Gasteiger partial charge on any atom is 0.410 e. The third-order valence-electron chi connectivity index (χ3n) is 2.35. The van der Waals surface area contributed by atoms with Gasteiger partial charge in [-0.2, -0.15) is 4.98 Å². The number of amides is 1. The summed E-state index contributed by atoms with van der Waals surface area (Å²) in [4.78, 5) is 17.2. The Morgan fingerprint density at radius 1 is 1.76 bits per heavy atom. The van der Waals surface area contributed by atoms with Crippen LogP contribution in [0.1, 0.15) is 11.9 Å². The molecule has 7 nitrogen and oxygen atoms in total. The number of carbonyl (C=O) groups excluding carboxylic acids is 1. The number of rotatable bonds is 3. The van der Waals surface area contributed by atoms with Gasteiger partial charge in [-0.1, -0.05) is 17.8 Å². The van der Waals surface area contributed by atoms with Gasteiger partial charge in [0.05, 0.1) is 13.2 Å². The maximum atomic E-state index is 11.8. The minimum Gasteiger partial charge on any atom is -0.445 e. The molecule has 0 aromatic carbocycles. The van der Waals surface area contributed by atoms with Crippen LogP contribution in [-0.2, 0) is 9.47 Å². The number of carbonyl (C=O) groups is 1. The topological polar surface area (TPSA) is 77.7 Å². The summed E-state index contributed by atoms with van der Waals surface area (Å²) in [5.41, 5.74) is 0. The SMILES string of the molecule is C=CCOC(=O)N1CCOCC1c1ncno1. The van der Waals surface area contributed by atoms with Crippen molar-refractivity contribution in [2.75, 3.05) is 26.4 Å². The largest absolute Gasteiger partial charge is 0.445 e. The summed E-state index contributed by atoms with van der Waals surface area (Å²) < 4.78 is 15.2. The fourth-order valence-electron chi connectivity index (χ4n) is 1.57. The van der Waals surface area contributed by atoms with Gasteiger partial charge in [-0.05, 0) is 0 Å². The highest BCUT2D eigenvalue weighted by Gasteiger charge is 2.33. The summed E-state index contributed by atoms with van der Waals surface area (Å²) in [5.74, 6) is 0.347. The van der Waals surface area contributed by atoms with Crippen LogP contribution in [0.3, 0.4) is 0 Å². The second-order valence-corrected chi connectivity index (χ2v) is 3.43.